The molecule has 0 bridgehead atoms. The summed E-state index contributed by atoms with van der Waals surface area (Å²) in [6.07, 6.45) is -1.02. The molecule has 0 saturated carbocycles. The van der Waals surface area contributed by atoms with Gasteiger partial charge in [-0.1, -0.05) is 72.8 Å². The Bertz CT molecular complexity index is 1140. The molecule has 0 spiro atoms. The Labute approximate surface area is 189 Å². The van der Waals surface area contributed by atoms with Gasteiger partial charge in [-0.25, -0.2) is 4.79 Å². The van der Waals surface area contributed by atoms with Gasteiger partial charge in [-0.05, 0) is 23.3 Å². The van der Waals surface area contributed by atoms with Crippen molar-refractivity contribution in [1.29, 1.82) is 0 Å². The molecule has 0 radical (unpaired) electrons. The summed E-state index contributed by atoms with van der Waals surface area (Å²) in [6.45, 7) is -0.793. The Hall–Kier alpha value is -4.46. The predicted octanol–water partition coefficient (Wildman–Crippen LogP) is 3.58. The minimum atomic E-state index is -1.02. The van der Waals surface area contributed by atoms with E-state index in [1.165, 1.54) is 12.1 Å². The maximum atomic E-state index is 12.9. The Morgan fingerprint density at radius 1 is 0.667 bits per heavy atom. The molecule has 0 aliphatic carbocycles. The van der Waals surface area contributed by atoms with E-state index in [0.29, 0.717) is 15.6 Å². The summed E-state index contributed by atoms with van der Waals surface area (Å²) in [4.78, 5) is 51.2. The molecule has 1 aliphatic heterocycles. The van der Waals surface area contributed by atoms with E-state index in [1.54, 1.807) is 60.7 Å². The van der Waals surface area contributed by atoms with Gasteiger partial charge in [0.15, 0.2) is 0 Å². The Kier molecular flexibility index (Phi) is 6.45. The number of esters is 1. The summed E-state index contributed by atoms with van der Waals surface area (Å²) < 4.78 is 10.5. The molecule has 1 aliphatic rings. The molecule has 3 amide bonds. The third-order valence-electron chi connectivity index (χ3n) is 4.95. The van der Waals surface area contributed by atoms with Crippen molar-refractivity contribution in [3.8, 4) is 0 Å². The zero-order valence-electron chi connectivity index (χ0n) is 17.5. The molecule has 33 heavy (non-hydrogen) atoms. The van der Waals surface area contributed by atoms with Crippen LogP contribution in [0.3, 0.4) is 0 Å². The van der Waals surface area contributed by atoms with Gasteiger partial charge in [-0.15, -0.1) is 0 Å². The van der Waals surface area contributed by atoms with Gasteiger partial charge in [-0.2, -0.15) is 10.0 Å². The Morgan fingerprint density at radius 2 is 1.12 bits per heavy atom. The fourth-order valence-corrected chi connectivity index (χ4v) is 3.31. The molecule has 0 saturated heterocycles. The topological polar surface area (TPSA) is 93.2 Å². The zero-order chi connectivity index (χ0) is 23.2. The molecule has 0 N–H and O–H groups in total. The van der Waals surface area contributed by atoms with Crippen molar-refractivity contribution < 1.29 is 28.7 Å². The van der Waals surface area contributed by atoms with Gasteiger partial charge in [0, 0.05) is 0 Å². The van der Waals surface area contributed by atoms with E-state index in [2.05, 4.69) is 0 Å². The van der Waals surface area contributed by atoms with Crippen LogP contribution in [0.2, 0.25) is 0 Å². The van der Waals surface area contributed by atoms with Crippen LogP contribution in [0.4, 0.5) is 4.79 Å². The van der Waals surface area contributed by atoms with E-state index < -0.39 is 30.4 Å². The predicted molar refractivity (Wildman–Crippen MR) is 117 cm³/mol. The summed E-state index contributed by atoms with van der Waals surface area (Å²) >= 11 is 0. The molecule has 3 aromatic rings. The van der Waals surface area contributed by atoms with Gasteiger partial charge in [0.1, 0.15) is 19.8 Å². The van der Waals surface area contributed by atoms with Crippen molar-refractivity contribution in [3.05, 3.63) is 107 Å². The van der Waals surface area contributed by atoms with Crippen LogP contribution in [0.25, 0.3) is 0 Å². The number of amides is 3. The highest BCUT2D eigenvalue weighted by Gasteiger charge is 2.42. The van der Waals surface area contributed by atoms with Crippen LogP contribution in [0, 0.1) is 0 Å². The number of nitrogens with zero attached hydrogens (tertiary/aromatic N) is 2. The molecule has 8 nitrogen and oxygen atoms in total. The first-order valence-corrected chi connectivity index (χ1v) is 10.2. The van der Waals surface area contributed by atoms with Gasteiger partial charge in [-0.3, -0.25) is 14.4 Å². The molecule has 0 fully saturated rings. The van der Waals surface area contributed by atoms with Crippen LogP contribution in [-0.4, -0.2) is 40.4 Å². The molecule has 166 valence electrons. The van der Waals surface area contributed by atoms with Gasteiger partial charge >= 0.3 is 12.1 Å². The van der Waals surface area contributed by atoms with Crippen molar-refractivity contribution in [2.24, 2.45) is 0 Å². The smallest absolute Gasteiger partial charge is 0.430 e. The highest BCUT2D eigenvalue weighted by atomic mass is 16.6. The lowest BCUT2D eigenvalue weighted by atomic mass is 10.1. The lowest BCUT2D eigenvalue weighted by Gasteiger charge is -2.28. The van der Waals surface area contributed by atoms with Crippen LogP contribution in [0.15, 0.2) is 84.9 Å². The fraction of sp³-hybridized carbons (Fsp3) is 0.120. The van der Waals surface area contributed by atoms with E-state index in [9.17, 15) is 19.2 Å². The molecular formula is C25H20N2O6. The highest BCUT2D eigenvalue weighted by molar-refractivity contribution is 6.21. The van der Waals surface area contributed by atoms with Crippen molar-refractivity contribution >= 4 is 23.9 Å². The third kappa shape index (κ3) is 4.90. The van der Waals surface area contributed by atoms with E-state index in [-0.39, 0.29) is 24.3 Å². The lowest BCUT2D eigenvalue weighted by molar-refractivity contribution is -0.148. The summed E-state index contributed by atoms with van der Waals surface area (Å²) in [7, 11) is 0. The van der Waals surface area contributed by atoms with E-state index in [0.717, 1.165) is 5.56 Å². The van der Waals surface area contributed by atoms with Gasteiger partial charge in [0.05, 0.1) is 11.1 Å². The molecular weight excluding hydrogens is 424 g/mol. The zero-order valence-corrected chi connectivity index (χ0v) is 17.5. The van der Waals surface area contributed by atoms with Crippen LogP contribution in [-0.2, 0) is 27.5 Å². The number of hydrogen-bond donors (Lipinski definition) is 0. The average Bonchev–Trinajstić information content (AvgIpc) is 3.11. The van der Waals surface area contributed by atoms with E-state index >= 15 is 0 Å². The van der Waals surface area contributed by atoms with Gasteiger partial charge in [0.2, 0.25) is 0 Å². The second kappa shape index (κ2) is 9.78. The van der Waals surface area contributed by atoms with Crippen LogP contribution < -0.4 is 0 Å². The van der Waals surface area contributed by atoms with Crippen molar-refractivity contribution in [2.75, 3.05) is 6.54 Å². The summed E-state index contributed by atoms with van der Waals surface area (Å²) in [6, 6.07) is 24.1. The molecule has 0 aromatic heterocycles. The molecule has 8 heteroatoms. The van der Waals surface area contributed by atoms with Crippen LogP contribution in [0.1, 0.15) is 31.8 Å². The Morgan fingerprint density at radius 3 is 1.64 bits per heavy atom. The minimum absolute atomic E-state index is 0.0192. The van der Waals surface area contributed by atoms with Crippen molar-refractivity contribution in [3.63, 3.8) is 0 Å². The largest absolute Gasteiger partial charge is 0.459 e. The number of carbonyl (C=O) groups is 4. The second-order valence-corrected chi connectivity index (χ2v) is 7.21. The van der Waals surface area contributed by atoms with Crippen molar-refractivity contribution in [1.82, 2.24) is 10.0 Å². The van der Waals surface area contributed by atoms with Crippen LogP contribution >= 0.6 is 0 Å². The van der Waals surface area contributed by atoms with E-state index in [4.69, 9.17) is 9.47 Å². The Balaban J connectivity index is 1.51. The van der Waals surface area contributed by atoms with Crippen molar-refractivity contribution in [2.45, 2.75) is 13.2 Å². The first kappa shape index (κ1) is 21.8. The number of ether oxygens (including phenoxy) is 2. The maximum absolute atomic E-state index is 12.9. The maximum Gasteiger partial charge on any atom is 0.430 e. The second-order valence-electron chi connectivity index (χ2n) is 7.21. The molecule has 0 atom stereocenters. The number of imide groups is 1. The van der Waals surface area contributed by atoms with Gasteiger partial charge < -0.3 is 9.47 Å². The number of carbonyl (C=O) groups excluding carboxylic acids is 4. The monoisotopic (exact) mass is 444 g/mol. The SMILES string of the molecule is O=C(CN(C(=O)OCc1ccccc1)N1C(=O)c2ccccc2C1=O)OCc1ccccc1. The molecule has 3 aromatic carbocycles. The fourth-order valence-electron chi connectivity index (χ4n) is 3.31. The summed E-state index contributed by atoms with van der Waals surface area (Å²) in [5, 5.41) is 1.31. The third-order valence-corrected chi connectivity index (χ3v) is 4.95. The van der Waals surface area contributed by atoms with E-state index in [1.807, 2.05) is 12.1 Å². The molecule has 1 heterocycles. The number of fused-ring (bicyclic) bond motifs is 1. The lowest BCUT2D eigenvalue weighted by Crippen LogP contribution is -2.52. The molecule has 4 rings (SSSR count). The summed E-state index contributed by atoms with van der Waals surface area (Å²) in [5.41, 5.74) is 1.74. The number of hydrazine groups is 1. The number of benzene rings is 3. The summed E-state index contributed by atoms with van der Waals surface area (Å²) in [5.74, 6) is -2.24. The van der Waals surface area contributed by atoms with Crippen LogP contribution in [0.5, 0.6) is 0 Å². The number of hydrogen-bond acceptors (Lipinski definition) is 6. The minimum Gasteiger partial charge on any atom is -0.459 e. The highest BCUT2D eigenvalue weighted by Crippen LogP contribution is 2.25. The quantitative estimate of drug-likeness (QED) is 0.409. The first-order valence-electron chi connectivity index (χ1n) is 10.2. The average molecular weight is 444 g/mol. The first-order chi connectivity index (χ1) is 16.0. The molecule has 0 unspecified atom stereocenters. The number of rotatable bonds is 7. The van der Waals surface area contributed by atoms with Gasteiger partial charge in [0.25, 0.3) is 11.8 Å². The standard InChI is InChI=1S/C25H20N2O6/c28-22(32-16-18-9-3-1-4-10-18)15-26(25(31)33-17-19-11-5-2-6-12-19)27-23(29)20-13-7-8-14-21(20)24(27)30/h1-14H,15-17H2. The normalized spacial score (nSPS) is 12.3.